The molecule has 0 atom stereocenters. The summed E-state index contributed by atoms with van der Waals surface area (Å²) in [7, 11) is 0. The Bertz CT molecular complexity index is 499. The van der Waals surface area contributed by atoms with Crippen molar-refractivity contribution in [3.63, 3.8) is 0 Å². The largest absolute Gasteiger partial charge is 0.478 e. The smallest absolute Gasteiger partial charge is 0.328 e. The molecule has 1 heterocycles. The Labute approximate surface area is 111 Å². The molecule has 0 fully saturated rings. The van der Waals surface area contributed by atoms with Gasteiger partial charge in [0.1, 0.15) is 0 Å². The number of thiophene rings is 1. The quantitative estimate of drug-likeness (QED) is 0.661. The maximum absolute atomic E-state index is 9.62. The van der Waals surface area contributed by atoms with Gasteiger partial charge in [0.05, 0.1) is 0 Å². The van der Waals surface area contributed by atoms with E-state index in [1.54, 1.807) is 11.3 Å². The van der Waals surface area contributed by atoms with Crippen molar-refractivity contribution in [1.29, 1.82) is 0 Å². The maximum Gasteiger partial charge on any atom is 0.328 e. The highest BCUT2D eigenvalue weighted by atomic mass is 32.1. The van der Waals surface area contributed by atoms with Crippen LogP contribution in [0.3, 0.4) is 0 Å². The van der Waals surface area contributed by atoms with E-state index in [4.69, 9.17) is 5.11 Å². The van der Waals surface area contributed by atoms with Crippen LogP contribution in [0.2, 0.25) is 0 Å². The summed E-state index contributed by atoms with van der Waals surface area (Å²) in [4.78, 5) is 9.62. The summed E-state index contributed by atoms with van der Waals surface area (Å²) in [5, 5.41) is 12.2. The van der Waals surface area contributed by atoms with Crippen LogP contribution in [0.1, 0.15) is 0 Å². The molecule has 0 aliphatic heterocycles. The average Bonchev–Trinajstić information content (AvgIpc) is 2.92. The van der Waals surface area contributed by atoms with Gasteiger partial charge in [-0.2, -0.15) is 11.3 Å². The summed E-state index contributed by atoms with van der Waals surface area (Å²) in [5.41, 5.74) is 2.62. The summed E-state index contributed by atoms with van der Waals surface area (Å²) in [6.45, 7) is 3.28. The fourth-order valence-corrected chi connectivity index (χ4v) is 1.87. The number of hydrogen-bond donors (Lipinski definition) is 1. The molecule has 0 aliphatic carbocycles. The standard InChI is InChI=1S/C10H8S.C5H6O2/c1-2-4-9(5-3-1)10-6-7-11-8-10;1-2-3-4-5(6)7/h1-8H;2-4H,1H2,(H,6,7). The van der Waals surface area contributed by atoms with E-state index in [1.807, 2.05) is 6.07 Å². The van der Waals surface area contributed by atoms with Crippen molar-refractivity contribution in [3.05, 3.63) is 72.0 Å². The van der Waals surface area contributed by atoms with Gasteiger partial charge in [0.15, 0.2) is 0 Å². The van der Waals surface area contributed by atoms with E-state index in [0.29, 0.717) is 0 Å². The number of carboxylic acids is 1. The third-order valence-corrected chi connectivity index (χ3v) is 2.69. The van der Waals surface area contributed by atoms with Crippen LogP contribution < -0.4 is 0 Å². The molecule has 1 N–H and O–H groups in total. The van der Waals surface area contributed by atoms with E-state index in [2.05, 4.69) is 47.7 Å². The minimum Gasteiger partial charge on any atom is -0.478 e. The Morgan fingerprint density at radius 3 is 2.33 bits per heavy atom. The van der Waals surface area contributed by atoms with Gasteiger partial charge in [0.25, 0.3) is 0 Å². The highest BCUT2D eigenvalue weighted by molar-refractivity contribution is 7.08. The average molecular weight is 258 g/mol. The molecule has 92 valence electrons. The fourth-order valence-electron chi connectivity index (χ4n) is 1.21. The van der Waals surface area contributed by atoms with E-state index in [0.717, 1.165) is 6.08 Å². The van der Waals surface area contributed by atoms with Crippen molar-refractivity contribution in [2.24, 2.45) is 0 Å². The van der Waals surface area contributed by atoms with E-state index >= 15 is 0 Å². The van der Waals surface area contributed by atoms with E-state index in [1.165, 1.54) is 23.3 Å². The molecule has 2 rings (SSSR count). The normalized spacial score (nSPS) is 9.56. The second-order valence-electron chi connectivity index (χ2n) is 3.31. The number of aliphatic carboxylic acids is 1. The molecule has 1 aromatic heterocycles. The van der Waals surface area contributed by atoms with Gasteiger partial charge in [-0.15, -0.1) is 0 Å². The van der Waals surface area contributed by atoms with Gasteiger partial charge in [-0.1, -0.05) is 49.1 Å². The lowest BCUT2D eigenvalue weighted by Crippen LogP contribution is -1.83. The van der Waals surface area contributed by atoms with Crippen molar-refractivity contribution in [3.8, 4) is 11.1 Å². The fraction of sp³-hybridized carbons (Fsp3) is 0. The third-order valence-electron chi connectivity index (χ3n) is 2.00. The molecule has 2 nitrogen and oxygen atoms in total. The van der Waals surface area contributed by atoms with E-state index < -0.39 is 5.97 Å². The van der Waals surface area contributed by atoms with Crippen LogP contribution in [0.25, 0.3) is 11.1 Å². The van der Waals surface area contributed by atoms with Gasteiger partial charge in [0, 0.05) is 6.08 Å². The zero-order valence-electron chi connectivity index (χ0n) is 9.82. The molecule has 2 aromatic rings. The Hall–Kier alpha value is -2.13. The Kier molecular flexibility index (Phi) is 6.22. The monoisotopic (exact) mass is 258 g/mol. The first-order valence-corrected chi connectivity index (χ1v) is 6.28. The lowest BCUT2D eigenvalue weighted by molar-refractivity contribution is -0.131. The number of allylic oxidation sites excluding steroid dienone is 2. The van der Waals surface area contributed by atoms with E-state index in [9.17, 15) is 4.79 Å². The molecule has 18 heavy (non-hydrogen) atoms. The first-order chi connectivity index (χ1) is 8.74. The predicted octanol–water partition coefficient (Wildman–Crippen LogP) is 4.23. The van der Waals surface area contributed by atoms with Crippen LogP contribution in [0.4, 0.5) is 0 Å². The molecule has 0 unspecified atom stereocenters. The van der Waals surface area contributed by atoms with Crippen LogP contribution >= 0.6 is 11.3 Å². The summed E-state index contributed by atoms with van der Waals surface area (Å²) in [6.07, 6.45) is 3.80. The molecule has 1 aromatic carbocycles. The number of carboxylic acid groups (broad SMARTS) is 1. The Morgan fingerprint density at radius 1 is 1.17 bits per heavy atom. The molecule has 0 radical (unpaired) electrons. The number of hydrogen-bond acceptors (Lipinski definition) is 2. The summed E-state index contributed by atoms with van der Waals surface area (Å²) in [6, 6.07) is 12.6. The molecule has 0 amide bonds. The Balaban J connectivity index is 0.000000203. The van der Waals surface area contributed by atoms with Gasteiger partial charge in [0.2, 0.25) is 0 Å². The zero-order valence-corrected chi connectivity index (χ0v) is 10.6. The van der Waals surface area contributed by atoms with Crippen molar-refractivity contribution >= 4 is 17.3 Å². The number of carbonyl (C=O) groups is 1. The lowest BCUT2D eigenvalue weighted by atomic mass is 10.1. The van der Waals surface area contributed by atoms with Crippen molar-refractivity contribution < 1.29 is 9.90 Å². The molecular formula is C15H14O2S. The third kappa shape index (κ3) is 5.27. The topological polar surface area (TPSA) is 37.3 Å². The maximum atomic E-state index is 9.62. The number of benzene rings is 1. The minimum atomic E-state index is -0.945. The first kappa shape index (κ1) is 13.9. The van der Waals surface area contributed by atoms with Gasteiger partial charge in [-0.3, -0.25) is 0 Å². The summed E-state index contributed by atoms with van der Waals surface area (Å²) < 4.78 is 0. The van der Waals surface area contributed by atoms with Gasteiger partial charge in [-0.05, 0) is 28.0 Å². The predicted molar refractivity (Wildman–Crippen MR) is 76.7 cm³/mol. The van der Waals surface area contributed by atoms with Crippen LogP contribution in [0.5, 0.6) is 0 Å². The van der Waals surface area contributed by atoms with Crippen LogP contribution in [-0.2, 0) is 4.79 Å². The Morgan fingerprint density at radius 2 is 1.89 bits per heavy atom. The van der Waals surface area contributed by atoms with Crippen molar-refractivity contribution in [2.75, 3.05) is 0 Å². The highest BCUT2D eigenvalue weighted by Crippen LogP contribution is 2.20. The number of rotatable bonds is 3. The second-order valence-corrected chi connectivity index (χ2v) is 4.09. The molecule has 0 saturated heterocycles. The van der Waals surface area contributed by atoms with Crippen LogP contribution in [-0.4, -0.2) is 11.1 Å². The van der Waals surface area contributed by atoms with Gasteiger partial charge >= 0.3 is 5.97 Å². The van der Waals surface area contributed by atoms with Gasteiger partial charge in [-0.25, -0.2) is 4.79 Å². The molecule has 0 bridgehead atoms. The van der Waals surface area contributed by atoms with Crippen molar-refractivity contribution in [2.45, 2.75) is 0 Å². The van der Waals surface area contributed by atoms with E-state index in [-0.39, 0.29) is 0 Å². The zero-order chi connectivity index (χ0) is 13.2. The molecular weight excluding hydrogens is 244 g/mol. The highest BCUT2D eigenvalue weighted by Gasteiger charge is 1.93. The first-order valence-electron chi connectivity index (χ1n) is 5.33. The molecule has 3 heteroatoms. The van der Waals surface area contributed by atoms with Gasteiger partial charge < -0.3 is 5.11 Å². The van der Waals surface area contributed by atoms with Crippen molar-refractivity contribution in [1.82, 2.24) is 0 Å². The molecule has 0 aliphatic rings. The minimum absolute atomic E-state index is 0.945. The SMILES string of the molecule is C=CC=CC(=O)O.c1ccc(-c2ccsc2)cc1. The summed E-state index contributed by atoms with van der Waals surface area (Å²) >= 11 is 1.73. The lowest BCUT2D eigenvalue weighted by Gasteiger charge is -1.93. The van der Waals surface area contributed by atoms with Crippen LogP contribution in [0.15, 0.2) is 72.0 Å². The summed E-state index contributed by atoms with van der Waals surface area (Å²) in [5.74, 6) is -0.945. The second kappa shape index (κ2) is 8.03. The molecule has 0 spiro atoms. The molecule has 0 saturated carbocycles. The van der Waals surface area contributed by atoms with Crippen LogP contribution in [0, 0.1) is 0 Å².